The molecule has 4 unspecified atom stereocenters. The van der Waals surface area contributed by atoms with Crippen LogP contribution in [0.2, 0.25) is 0 Å². The molecule has 15 heteroatoms. The lowest BCUT2D eigenvalue weighted by atomic mass is 9.85. The number of carbonyl (C=O) groups is 2. The zero-order chi connectivity index (χ0) is 47.3. The Morgan fingerprint density at radius 3 is 1.64 bits per heavy atom. The first kappa shape index (κ1) is 58.7. The van der Waals surface area contributed by atoms with Gasteiger partial charge in [-0.3, -0.25) is 18.6 Å². The Bertz CT molecular complexity index is 1500. The van der Waals surface area contributed by atoms with Crippen LogP contribution in [-0.4, -0.2) is 110 Å². The van der Waals surface area contributed by atoms with Crippen molar-refractivity contribution in [3.8, 4) is 0 Å². The largest absolute Gasteiger partial charge is 0.472 e. The van der Waals surface area contributed by atoms with Crippen LogP contribution in [0, 0.1) is 0 Å². The first-order chi connectivity index (χ1) is 30.8. The van der Waals surface area contributed by atoms with Crippen molar-refractivity contribution in [3.05, 3.63) is 97.2 Å². The SMILES string of the molecule is CC/C=C\C(O)C/C=C/C=C\C/C=C\C/C=C\CCCC(=O)OC[C@H](COP(=O)(O)OC1[C@H](O)[C@H](O)C(O)[C@H](O)[C@H]1O)OC(=O)CCC/C=C\C/C=C\C/C=C\CCCCCCCC. The molecule has 0 aromatic rings. The van der Waals surface area contributed by atoms with Crippen LogP contribution < -0.4 is 0 Å². The molecule has 0 amide bonds. The van der Waals surface area contributed by atoms with Gasteiger partial charge in [-0.2, -0.15) is 0 Å². The number of hydrogen-bond donors (Lipinski definition) is 7. The number of aliphatic hydroxyl groups is 6. The molecule has 64 heavy (non-hydrogen) atoms. The number of hydrogen-bond acceptors (Lipinski definition) is 13. The van der Waals surface area contributed by atoms with Crippen LogP contribution in [-0.2, 0) is 32.7 Å². The van der Waals surface area contributed by atoms with Crippen molar-refractivity contribution in [1.29, 1.82) is 0 Å². The maximum atomic E-state index is 12.8. The third kappa shape index (κ3) is 30.0. The first-order valence-corrected chi connectivity index (χ1v) is 24.6. The van der Waals surface area contributed by atoms with Crippen LogP contribution in [0.3, 0.4) is 0 Å². The van der Waals surface area contributed by atoms with Crippen molar-refractivity contribution in [1.82, 2.24) is 0 Å². The monoisotopic (exact) mass is 923 g/mol. The summed E-state index contributed by atoms with van der Waals surface area (Å²) in [6, 6.07) is 0. The van der Waals surface area contributed by atoms with Crippen molar-refractivity contribution < 1.29 is 68.2 Å². The molecule has 9 atom stereocenters. The van der Waals surface area contributed by atoms with E-state index in [4.69, 9.17) is 18.5 Å². The molecule has 0 aromatic heterocycles. The predicted molar refractivity (Wildman–Crippen MR) is 250 cm³/mol. The normalized spacial score (nSPS) is 23.0. The molecular formula is C49H79O14P. The maximum absolute atomic E-state index is 12.8. The smallest absolute Gasteiger partial charge is 0.462 e. The summed E-state index contributed by atoms with van der Waals surface area (Å²) in [5.41, 5.74) is 0. The quantitative estimate of drug-likeness (QED) is 0.0104. The Kier molecular flexibility index (Phi) is 34.8. The molecule has 1 fully saturated rings. The summed E-state index contributed by atoms with van der Waals surface area (Å²) in [5, 5.41) is 59.9. The van der Waals surface area contributed by atoms with Gasteiger partial charge in [-0.15, -0.1) is 0 Å². The number of rotatable bonds is 36. The Labute approximate surface area is 382 Å². The van der Waals surface area contributed by atoms with Crippen LogP contribution >= 0.6 is 7.82 Å². The lowest BCUT2D eigenvalue weighted by Crippen LogP contribution is -2.64. The zero-order valence-corrected chi connectivity index (χ0v) is 39.0. The number of esters is 2. The van der Waals surface area contributed by atoms with Crippen LogP contribution in [0.5, 0.6) is 0 Å². The minimum atomic E-state index is -5.16. The van der Waals surface area contributed by atoms with E-state index < -0.39 is 81.8 Å². The summed E-state index contributed by atoms with van der Waals surface area (Å²) < 4.78 is 33.4. The Balaban J connectivity index is 2.56. The molecule has 0 heterocycles. The van der Waals surface area contributed by atoms with Crippen LogP contribution in [0.4, 0.5) is 0 Å². The van der Waals surface area contributed by atoms with Crippen molar-refractivity contribution in [3.63, 3.8) is 0 Å². The lowest BCUT2D eigenvalue weighted by molar-refractivity contribution is -0.220. The molecule has 0 bridgehead atoms. The average molecular weight is 923 g/mol. The van der Waals surface area contributed by atoms with Gasteiger partial charge in [0.15, 0.2) is 6.10 Å². The van der Waals surface area contributed by atoms with E-state index >= 15 is 0 Å². The summed E-state index contributed by atoms with van der Waals surface area (Å²) in [5.74, 6) is -1.26. The summed E-state index contributed by atoms with van der Waals surface area (Å²) in [6.45, 7) is 2.95. The number of carbonyl (C=O) groups excluding carboxylic acids is 2. The molecule has 1 aliphatic rings. The van der Waals surface area contributed by atoms with Crippen molar-refractivity contribution in [2.24, 2.45) is 0 Å². The van der Waals surface area contributed by atoms with Gasteiger partial charge in [0.2, 0.25) is 0 Å². The van der Waals surface area contributed by atoms with Crippen LogP contribution in [0.1, 0.15) is 136 Å². The maximum Gasteiger partial charge on any atom is 0.472 e. The van der Waals surface area contributed by atoms with Gasteiger partial charge in [0, 0.05) is 12.8 Å². The standard InChI is InChI=1S/C49H79O14P/c1-3-5-7-8-9-10-11-12-13-14-15-16-21-24-27-30-33-37-43(52)62-41(39-61-64(58,59)63-49-47(56)45(54)44(53)46(55)48(49)57)38-60-42(51)36-32-29-26-23-20-18-17-19-22-25-28-31-35-40(50)34-6-4-2/h6,12-13,15-18,22-28,31,34,40-41,44-50,53-57H,3-5,7-11,14,19-21,29-30,32-33,35-39H2,1-2H3,(H,58,59)/b13-12-,16-15-,18-17-,25-22-,26-23-,27-24-,31-28+,34-6-/t40?,41-,44?,45-,46+,47-,48-,49?/m1/s1. The van der Waals surface area contributed by atoms with Gasteiger partial charge in [0.05, 0.1) is 12.7 Å². The van der Waals surface area contributed by atoms with Gasteiger partial charge >= 0.3 is 19.8 Å². The molecule has 0 aliphatic heterocycles. The molecule has 1 saturated carbocycles. The van der Waals surface area contributed by atoms with Crippen LogP contribution in [0.25, 0.3) is 0 Å². The fourth-order valence-electron chi connectivity index (χ4n) is 6.24. The number of ether oxygens (including phenoxy) is 2. The van der Waals surface area contributed by atoms with Crippen molar-refractivity contribution in [2.45, 2.75) is 185 Å². The molecule has 0 radical (unpaired) electrons. The van der Waals surface area contributed by atoms with Gasteiger partial charge in [-0.1, -0.05) is 143 Å². The molecule has 7 N–H and O–H groups in total. The summed E-state index contributed by atoms with van der Waals surface area (Å²) >= 11 is 0. The van der Waals surface area contributed by atoms with Gasteiger partial charge in [0.1, 0.15) is 43.2 Å². The minimum absolute atomic E-state index is 0.00135. The topological polar surface area (TPSA) is 230 Å². The molecule has 0 aromatic carbocycles. The number of aliphatic hydroxyl groups excluding tert-OH is 6. The van der Waals surface area contributed by atoms with E-state index in [1.807, 2.05) is 73.8 Å². The van der Waals surface area contributed by atoms with E-state index in [0.717, 1.165) is 38.5 Å². The zero-order valence-electron chi connectivity index (χ0n) is 38.1. The summed E-state index contributed by atoms with van der Waals surface area (Å²) in [7, 11) is -5.16. The second-order valence-electron chi connectivity index (χ2n) is 15.7. The minimum Gasteiger partial charge on any atom is -0.462 e. The van der Waals surface area contributed by atoms with Crippen LogP contribution in [0.15, 0.2) is 97.2 Å². The fraction of sp³-hybridized carbons (Fsp3) is 0.633. The second kappa shape index (κ2) is 37.9. The number of unbranched alkanes of at least 4 members (excludes halogenated alkanes) is 8. The van der Waals surface area contributed by atoms with E-state index in [2.05, 4.69) is 31.2 Å². The summed E-state index contributed by atoms with van der Waals surface area (Å²) in [4.78, 5) is 35.7. The highest BCUT2D eigenvalue weighted by Crippen LogP contribution is 2.47. The molecule has 364 valence electrons. The number of allylic oxidation sites excluding steroid dienone is 14. The molecular weight excluding hydrogens is 843 g/mol. The van der Waals surface area contributed by atoms with Gasteiger partial charge < -0.3 is 45.0 Å². The first-order valence-electron chi connectivity index (χ1n) is 23.1. The highest BCUT2D eigenvalue weighted by atomic mass is 31.2. The Morgan fingerprint density at radius 2 is 1.06 bits per heavy atom. The van der Waals surface area contributed by atoms with E-state index in [1.54, 1.807) is 6.08 Å². The summed E-state index contributed by atoms with van der Waals surface area (Å²) in [6.07, 6.45) is 33.8. The van der Waals surface area contributed by atoms with Gasteiger partial charge in [0.25, 0.3) is 0 Å². The average Bonchev–Trinajstić information content (AvgIpc) is 3.27. The van der Waals surface area contributed by atoms with E-state index in [9.17, 15) is 49.7 Å². The molecule has 1 rings (SSSR count). The van der Waals surface area contributed by atoms with Crippen molar-refractivity contribution in [2.75, 3.05) is 13.2 Å². The van der Waals surface area contributed by atoms with Gasteiger partial charge in [-0.05, 0) is 77.0 Å². The van der Waals surface area contributed by atoms with E-state index in [1.165, 1.54) is 38.5 Å². The van der Waals surface area contributed by atoms with Crippen molar-refractivity contribution >= 4 is 19.8 Å². The molecule has 0 spiro atoms. The molecule has 1 aliphatic carbocycles. The predicted octanol–water partition coefficient (Wildman–Crippen LogP) is 8.02. The lowest BCUT2D eigenvalue weighted by Gasteiger charge is -2.41. The third-order valence-electron chi connectivity index (χ3n) is 9.98. The third-order valence-corrected chi connectivity index (χ3v) is 11.0. The number of phosphoric ester groups is 1. The fourth-order valence-corrected chi connectivity index (χ4v) is 7.21. The van der Waals surface area contributed by atoms with E-state index in [-0.39, 0.29) is 12.8 Å². The Hall–Kier alpha value is -3.27. The van der Waals surface area contributed by atoms with Gasteiger partial charge in [-0.25, -0.2) is 4.57 Å². The van der Waals surface area contributed by atoms with E-state index in [0.29, 0.717) is 32.1 Å². The highest BCUT2D eigenvalue weighted by molar-refractivity contribution is 7.47. The number of phosphoric acid groups is 1. The molecule has 14 nitrogen and oxygen atoms in total. The Morgan fingerprint density at radius 1 is 0.578 bits per heavy atom. The molecule has 0 saturated heterocycles. The highest BCUT2D eigenvalue weighted by Gasteiger charge is 2.51. The second-order valence-corrected chi connectivity index (χ2v) is 17.1.